The molecule has 1 N–H and O–H groups in total. The average Bonchev–Trinajstić information content (AvgIpc) is 2.84. The third-order valence-corrected chi connectivity index (χ3v) is 3.53. The zero-order valence-corrected chi connectivity index (χ0v) is 12.7. The first-order valence-corrected chi connectivity index (χ1v) is 7.27. The van der Waals surface area contributed by atoms with E-state index in [-0.39, 0.29) is 5.91 Å². The van der Waals surface area contributed by atoms with Gasteiger partial charge < -0.3 is 14.8 Å². The highest BCUT2D eigenvalue weighted by Gasteiger charge is 2.20. The Morgan fingerprint density at radius 1 is 1.35 bits per heavy atom. The van der Waals surface area contributed by atoms with Crippen LogP contribution in [0, 0.1) is 5.92 Å². The van der Waals surface area contributed by atoms with Crippen molar-refractivity contribution in [2.45, 2.75) is 13.8 Å². The van der Waals surface area contributed by atoms with Crippen molar-refractivity contribution >= 4 is 11.9 Å². The second-order valence-electron chi connectivity index (χ2n) is 5.80. The third-order valence-electron chi connectivity index (χ3n) is 3.53. The van der Waals surface area contributed by atoms with E-state index in [9.17, 15) is 4.79 Å². The quantitative estimate of drug-likeness (QED) is 0.843. The molecule has 2 rings (SSSR count). The fourth-order valence-corrected chi connectivity index (χ4v) is 2.35. The molecule has 1 aliphatic heterocycles. The Hall–Kier alpha value is -1.56. The lowest BCUT2D eigenvalue weighted by molar-refractivity contribution is -0.122. The van der Waals surface area contributed by atoms with Crippen LogP contribution in [0.1, 0.15) is 13.8 Å². The maximum atomic E-state index is 11.8. The number of carbonyl (C=O) groups is 1. The summed E-state index contributed by atoms with van der Waals surface area (Å²) < 4.78 is 2.03. The number of nitrogens with one attached hydrogen (secondary N) is 1. The van der Waals surface area contributed by atoms with Gasteiger partial charge >= 0.3 is 0 Å². The van der Waals surface area contributed by atoms with E-state index in [2.05, 4.69) is 33.9 Å². The SMILES string of the molecule is CC(C)CNC(=O)CN1CCN(c2nccn2C)CC1. The minimum absolute atomic E-state index is 0.129. The minimum Gasteiger partial charge on any atom is -0.355 e. The number of carbonyl (C=O) groups excluding carboxylic acids is 1. The van der Waals surface area contributed by atoms with Gasteiger partial charge in [-0.1, -0.05) is 13.8 Å². The lowest BCUT2D eigenvalue weighted by Crippen LogP contribution is -2.50. The predicted molar refractivity (Wildman–Crippen MR) is 79.7 cm³/mol. The van der Waals surface area contributed by atoms with Crippen LogP contribution in [-0.2, 0) is 11.8 Å². The summed E-state index contributed by atoms with van der Waals surface area (Å²) in [4.78, 5) is 20.6. The van der Waals surface area contributed by atoms with Gasteiger partial charge in [0.2, 0.25) is 11.9 Å². The highest BCUT2D eigenvalue weighted by atomic mass is 16.2. The van der Waals surface area contributed by atoms with Crippen LogP contribution in [0.3, 0.4) is 0 Å². The number of hydrogen-bond donors (Lipinski definition) is 1. The van der Waals surface area contributed by atoms with Crippen molar-refractivity contribution in [1.82, 2.24) is 19.8 Å². The van der Waals surface area contributed by atoms with E-state index in [1.807, 2.05) is 24.0 Å². The zero-order chi connectivity index (χ0) is 14.5. The first-order valence-electron chi connectivity index (χ1n) is 7.27. The number of imidazole rings is 1. The molecular weight excluding hydrogens is 254 g/mol. The Bertz CT molecular complexity index is 435. The van der Waals surface area contributed by atoms with Crippen molar-refractivity contribution in [1.29, 1.82) is 0 Å². The summed E-state index contributed by atoms with van der Waals surface area (Å²) in [5.41, 5.74) is 0. The largest absolute Gasteiger partial charge is 0.355 e. The van der Waals surface area contributed by atoms with Crippen LogP contribution in [0.5, 0.6) is 0 Å². The molecule has 0 bridgehead atoms. The molecule has 0 saturated carbocycles. The number of rotatable bonds is 5. The van der Waals surface area contributed by atoms with Gasteiger partial charge in [-0.05, 0) is 5.92 Å². The van der Waals surface area contributed by atoms with E-state index in [4.69, 9.17) is 0 Å². The number of hydrogen-bond acceptors (Lipinski definition) is 4. The van der Waals surface area contributed by atoms with Crippen LogP contribution < -0.4 is 10.2 Å². The Labute approximate surface area is 120 Å². The van der Waals surface area contributed by atoms with Gasteiger partial charge in [0.25, 0.3) is 0 Å². The number of aromatic nitrogens is 2. The number of piperazine rings is 1. The summed E-state index contributed by atoms with van der Waals surface area (Å²) in [6.07, 6.45) is 3.78. The van der Waals surface area contributed by atoms with Crippen molar-refractivity contribution in [2.24, 2.45) is 13.0 Å². The Balaban J connectivity index is 1.74. The zero-order valence-electron chi connectivity index (χ0n) is 12.7. The summed E-state index contributed by atoms with van der Waals surface area (Å²) in [6.45, 7) is 9.11. The second-order valence-corrected chi connectivity index (χ2v) is 5.80. The summed E-state index contributed by atoms with van der Waals surface area (Å²) in [5, 5.41) is 2.97. The van der Waals surface area contributed by atoms with Crippen molar-refractivity contribution < 1.29 is 4.79 Å². The van der Waals surface area contributed by atoms with E-state index in [0.717, 1.165) is 38.7 Å². The Morgan fingerprint density at radius 2 is 2.05 bits per heavy atom. The molecule has 1 aromatic rings. The van der Waals surface area contributed by atoms with Gasteiger partial charge in [-0.3, -0.25) is 9.69 Å². The molecule has 1 aliphatic rings. The molecule has 1 aromatic heterocycles. The molecule has 6 nitrogen and oxygen atoms in total. The highest BCUT2D eigenvalue weighted by Crippen LogP contribution is 2.12. The molecule has 0 spiro atoms. The fourth-order valence-electron chi connectivity index (χ4n) is 2.35. The van der Waals surface area contributed by atoms with E-state index in [0.29, 0.717) is 12.5 Å². The molecule has 112 valence electrons. The predicted octanol–water partition coefficient (Wildman–Crippen LogP) is 0.314. The number of nitrogens with zero attached hydrogens (tertiary/aromatic N) is 4. The minimum atomic E-state index is 0.129. The lowest BCUT2D eigenvalue weighted by atomic mass is 10.2. The van der Waals surface area contributed by atoms with E-state index in [1.54, 1.807) is 0 Å². The molecule has 6 heteroatoms. The van der Waals surface area contributed by atoms with Crippen LogP contribution in [0.25, 0.3) is 0 Å². The van der Waals surface area contributed by atoms with Gasteiger partial charge in [0, 0.05) is 52.2 Å². The van der Waals surface area contributed by atoms with Gasteiger partial charge in [-0.15, -0.1) is 0 Å². The molecule has 20 heavy (non-hydrogen) atoms. The molecule has 1 amide bonds. The maximum absolute atomic E-state index is 11.8. The van der Waals surface area contributed by atoms with E-state index in [1.165, 1.54) is 0 Å². The molecule has 0 aliphatic carbocycles. The topological polar surface area (TPSA) is 53.4 Å². The van der Waals surface area contributed by atoms with Crippen LogP contribution in [-0.4, -0.2) is 59.6 Å². The summed E-state index contributed by atoms with van der Waals surface area (Å²) in [7, 11) is 2.01. The van der Waals surface area contributed by atoms with Crippen LogP contribution in [0.4, 0.5) is 5.95 Å². The first kappa shape index (κ1) is 14.8. The smallest absolute Gasteiger partial charge is 0.234 e. The van der Waals surface area contributed by atoms with Gasteiger partial charge in [0.15, 0.2) is 0 Å². The lowest BCUT2D eigenvalue weighted by Gasteiger charge is -2.34. The molecule has 1 saturated heterocycles. The number of anilines is 1. The van der Waals surface area contributed by atoms with E-state index < -0.39 is 0 Å². The van der Waals surface area contributed by atoms with Crippen LogP contribution in [0.2, 0.25) is 0 Å². The normalized spacial score (nSPS) is 16.7. The first-order chi connectivity index (χ1) is 9.56. The van der Waals surface area contributed by atoms with Gasteiger partial charge in [0.05, 0.1) is 6.54 Å². The van der Waals surface area contributed by atoms with Gasteiger partial charge in [-0.2, -0.15) is 0 Å². The number of aryl methyl sites for hydroxylation is 1. The van der Waals surface area contributed by atoms with Crippen molar-refractivity contribution in [3.05, 3.63) is 12.4 Å². The molecule has 0 unspecified atom stereocenters. The van der Waals surface area contributed by atoms with Crippen LogP contribution >= 0.6 is 0 Å². The highest BCUT2D eigenvalue weighted by molar-refractivity contribution is 5.78. The number of amides is 1. The van der Waals surface area contributed by atoms with Gasteiger partial charge in [-0.25, -0.2) is 4.98 Å². The second kappa shape index (κ2) is 6.74. The summed E-state index contributed by atoms with van der Waals surface area (Å²) >= 11 is 0. The molecule has 0 radical (unpaired) electrons. The fraction of sp³-hybridized carbons (Fsp3) is 0.714. The van der Waals surface area contributed by atoms with Crippen molar-refractivity contribution in [3.63, 3.8) is 0 Å². The maximum Gasteiger partial charge on any atom is 0.234 e. The summed E-state index contributed by atoms with van der Waals surface area (Å²) in [5.74, 6) is 1.64. The monoisotopic (exact) mass is 279 g/mol. The Morgan fingerprint density at radius 3 is 2.60 bits per heavy atom. The van der Waals surface area contributed by atoms with Crippen molar-refractivity contribution in [3.8, 4) is 0 Å². The molecule has 2 heterocycles. The standard InChI is InChI=1S/C14H25N5O/c1-12(2)10-16-13(20)11-18-6-8-19(9-7-18)14-15-4-5-17(14)3/h4-5,12H,6-11H2,1-3H3,(H,16,20). The Kier molecular flexibility index (Phi) is 5.00. The average molecular weight is 279 g/mol. The van der Waals surface area contributed by atoms with Gasteiger partial charge in [0.1, 0.15) is 0 Å². The van der Waals surface area contributed by atoms with E-state index >= 15 is 0 Å². The molecule has 0 atom stereocenters. The molecule has 0 aromatic carbocycles. The van der Waals surface area contributed by atoms with Crippen LogP contribution in [0.15, 0.2) is 12.4 Å². The van der Waals surface area contributed by atoms with Crippen molar-refractivity contribution in [2.75, 3.05) is 44.2 Å². The molecule has 1 fully saturated rings. The molecular formula is C14H25N5O. The third kappa shape index (κ3) is 3.96. The summed E-state index contributed by atoms with van der Waals surface area (Å²) in [6, 6.07) is 0.